The number of aryl methyl sites for hydroxylation is 1. The first-order chi connectivity index (χ1) is 10.7. The van der Waals surface area contributed by atoms with E-state index in [1.165, 1.54) is 12.8 Å². The van der Waals surface area contributed by atoms with Crippen LogP contribution in [0.15, 0.2) is 24.5 Å². The summed E-state index contributed by atoms with van der Waals surface area (Å²) in [6, 6.07) is 3.86. The van der Waals surface area contributed by atoms with Gasteiger partial charge < -0.3 is 18.8 Å². The van der Waals surface area contributed by atoms with Crippen molar-refractivity contribution in [1.82, 2.24) is 9.55 Å². The van der Waals surface area contributed by atoms with Gasteiger partial charge in [0.25, 0.3) is 0 Å². The molecule has 0 saturated carbocycles. The SMILES string of the molecule is CCCCCn1ccnc1-c1cc(OC)c(OC)c(OC)c1. The fourth-order valence-electron chi connectivity index (χ4n) is 2.49. The first kappa shape index (κ1) is 16.2. The van der Waals surface area contributed by atoms with Crippen LogP contribution < -0.4 is 14.2 Å². The third-order valence-electron chi connectivity index (χ3n) is 3.64. The number of aromatic nitrogens is 2. The average Bonchev–Trinajstić information content (AvgIpc) is 3.02. The van der Waals surface area contributed by atoms with Crippen molar-refractivity contribution in [2.75, 3.05) is 21.3 Å². The molecule has 22 heavy (non-hydrogen) atoms. The van der Waals surface area contributed by atoms with Crippen LogP contribution in [0.4, 0.5) is 0 Å². The number of unbranched alkanes of at least 4 members (excludes halogenated alkanes) is 2. The fourth-order valence-corrected chi connectivity index (χ4v) is 2.49. The van der Waals surface area contributed by atoms with Gasteiger partial charge in [0, 0.05) is 24.5 Å². The highest BCUT2D eigenvalue weighted by Crippen LogP contribution is 2.40. The quantitative estimate of drug-likeness (QED) is 0.697. The van der Waals surface area contributed by atoms with Gasteiger partial charge in [-0.15, -0.1) is 0 Å². The van der Waals surface area contributed by atoms with E-state index in [0.29, 0.717) is 17.2 Å². The number of hydrogen-bond acceptors (Lipinski definition) is 4. The summed E-state index contributed by atoms with van der Waals surface area (Å²) in [6.45, 7) is 3.16. The number of hydrogen-bond donors (Lipinski definition) is 0. The molecule has 0 unspecified atom stereocenters. The van der Waals surface area contributed by atoms with Crippen molar-refractivity contribution in [1.29, 1.82) is 0 Å². The molecule has 2 aromatic rings. The molecular formula is C17H24N2O3. The van der Waals surface area contributed by atoms with Gasteiger partial charge in [-0.2, -0.15) is 0 Å². The molecule has 120 valence electrons. The highest BCUT2D eigenvalue weighted by molar-refractivity contribution is 5.67. The van der Waals surface area contributed by atoms with Crippen LogP contribution in [0, 0.1) is 0 Å². The number of ether oxygens (including phenoxy) is 3. The first-order valence-corrected chi connectivity index (χ1v) is 7.56. The normalized spacial score (nSPS) is 10.5. The predicted molar refractivity (Wildman–Crippen MR) is 86.8 cm³/mol. The van der Waals surface area contributed by atoms with Gasteiger partial charge in [-0.05, 0) is 18.6 Å². The molecule has 0 amide bonds. The average molecular weight is 304 g/mol. The lowest BCUT2D eigenvalue weighted by atomic mass is 10.1. The second kappa shape index (κ2) is 7.73. The summed E-state index contributed by atoms with van der Waals surface area (Å²) in [4.78, 5) is 4.48. The lowest BCUT2D eigenvalue weighted by molar-refractivity contribution is 0.324. The summed E-state index contributed by atoms with van der Waals surface area (Å²) in [6.07, 6.45) is 7.39. The third-order valence-corrected chi connectivity index (χ3v) is 3.64. The summed E-state index contributed by atoms with van der Waals surface area (Å²) in [7, 11) is 4.84. The summed E-state index contributed by atoms with van der Waals surface area (Å²) >= 11 is 0. The minimum atomic E-state index is 0.595. The van der Waals surface area contributed by atoms with Crippen molar-refractivity contribution >= 4 is 0 Å². The Bertz CT molecular complexity index is 583. The maximum absolute atomic E-state index is 5.41. The summed E-state index contributed by atoms with van der Waals surface area (Å²) < 4.78 is 18.4. The molecule has 0 atom stereocenters. The monoisotopic (exact) mass is 304 g/mol. The third kappa shape index (κ3) is 3.35. The fraction of sp³-hybridized carbons (Fsp3) is 0.471. The van der Waals surface area contributed by atoms with Gasteiger partial charge in [-0.1, -0.05) is 19.8 Å². The van der Waals surface area contributed by atoms with Gasteiger partial charge in [0.05, 0.1) is 21.3 Å². The molecule has 1 heterocycles. The Morgan fingerprint density at radius 3 is 2.23 bits per heavy atom. The molecule has 0 aliphatic heterocycles. The van der Waals surface area contributed by atoms with Crippen molar-refractivity contribution in [3.8, 4) is 28.6 Å². The molecule has 2 rings (SSSR count). The van der Waals surface area contributed by atoms with Crippen molar-refractivity contribution in [3.63, 3.8) is 0 Å². The van der Waals surface area contributed by atoms with Crippen molar-refractivity contribution < 1.29 is 14.2 Å². The zero-order valence-electron chi connectivity index (χ0n) is 13.8. The van der Waals surface area contributed by atoms with Gasteiger partial charge in [0.1, 0.15) is 5.82 Å². The van der Waals surface area contributed by atoms with E-state index in [0.717, 1.165) is 24.4 Å². The maximum atomic E-state index is 5.41. The zero-order valence-corrected chi connectivity index (χ0v) is 13.8. The molecule has 1 aromatic heterocycles. The Balaban J connectivity index is 2.38. The molecule has 5 nitrogen and oxygen atoms in total. The zero-order chi connectivity index (χ0) is 15.9. The molecule has 0 fully saturated rings. The van der Waals surface area contributed by atoms with E-state index in [9.17, 15) is 0 Å². The molecule has 0 N–H and O–H groups in total. The standard InChI is InChI=1S/C17H24N2O3/c1-5-6-7-9-19-10-8-18-17(19)13-11-14(20-2)16(22-4)15(12-13)21-3/h8,10-12H,5-7,9H2,1-4H3. The molecule has 5 heteroatoms. The predicted octanol–water partition coefficient (Wildman–Crippen LogP) is 3.77. The Morgan fingerprint density at radius 1 is 1.00 bits per heavy atom. The molecule has 0 bridgehead atoms. The van der Waals surface area contributed by atoms with Gasteiger partial charge >= 0.3 is 0 Å². The van der Waals surface area contributed by atoms with Crippen LogP contribution in [0.25, 0.3) is 11.4 Å². The van der Waals surface area contributed by atoms with E-state index in [1.807, 2.05) is 24.5 Å². The minimum absolute atomic E-state index is 0.595. The van der Waals surface area contributed by atoms with Gasteiger partial charge in [-0.25, -0.2) is 4.98 Å². The van der Waals surface area contributed by atoms with Gasteiger partial charge in [0.15, 0.2) is 11.5 Å². The van der Waals surface area contributed by atoms with E-state index in [-0.39, 0.29) is 0 Å². The summed E-state index contributed by atoms with van der Waals surface area (Å²) in [5.74, 6) is 2.79. The second-order valence-electron chi connectivity index (χ2n) is 5.07. The molecule has 0 spiro atoms. The minimum Gasteiger partial charge on any atom is -0.493 e. The highest BCUT2D eigenvalue weighted by Gasteiger charge is 2.16. The molecule has 0 aliphatic carbocycles. The Kier molecular flexibility index (Phi) is 5.69. The lowest BCUT2D eigenvalue weighted by Crippen LogP contribution is -2.01. The van der Waals surface area contributed by atoms with Crippen LogP contribution >= 0.6 is 0 Å². The van der Waals surface area contributed by atoms with Crippen molar-refractivity contribution in [3.05, 3.63) is 24.5 Å². The highest BCUT2D eigenvalue weighted by atomic mass is 16.5. The van der Waals surface area contributed by atoms with E-state index < -0.39 is 0 Å². The van der Waals surface area contributed by atoms with E-state index >= 15 is 0 Å². The van der Waals surface area contributed by atoms with Gasteiger partial charge in [-0.3, -0.25) is 0 Å². The molecule has 0 saturated heterocycles. The van der Waals surface area contributed by atoms with Crippen LogP contribution in [-0.4, -0.2) is 30.9 Å². The van der Waals surface area contributed by atoms with Crippen LogP contribution in [0.3, 0.4) is 0 Å². The Hall–Kier alpha value is -2.17. The summed E-state index contributed by atoms with van der Waals surface area (Å²) in [5, 5.41) is 0. The Labute approximate surface area is 131 Å². The molecule has 1 aromatic carbocycles. The number of benzene rings is 1. The summed E-state index contributed by atoms with van der Waals surface area (Å²) in [5.41, 5.74) is 0.955. The van der Waals surface area contributed by atoms with Crippen molar-refractivity contribution in [2.45, 2.75) is 32.7 Å². The number of methoxy groups -OCH3 is 3. The van der Waals surface area contributed by atoms with Crippen LogP contribution in [0.1, 0.15) is 26.2 Å². The number of rotatable bonds is 8. The topological polar surface area (TPSA) is 45.5 Å². The molecular weight excluding hydrogens is 280 g/mol. The lowest BCUT2D eigenvalue weighted by Gasteiger charge is -2.14. The largest absolute Gasteiger partial charge is 0.493 e. The maximum Gasteiger partial charge on any atom is 0.203 e. The van der Waals surface area contributed by atoms with Crippen LogP contribution in [0.5, 0.6) is 17.2 Å². The molecule has 0 aliphatic rings. The smallest absolute Gasteiger partial charge is 0.203 e. The molecule has 0 radical (unpaired) electrons. The first-order valence-electron chi connectivity index (χ1n) is 7.56. The van der Waals surface area contributed by atoms with Crippen molar-refractivity contribution in [2.24, 2.45) is 0 Å². The van der Waals surface area contributed by atoms with Crippen LogP contribution in [-0.2, 0) is 6.54 Å². The van der Waals surface area contributed by atoms with Gasteiger partial charge in [0.2, 0.25) is 5.75 Å². The number of imidazole rings is 1. The van der Waals surface area contributed by atoms with E-state index in [2.05, 4.69) is 16.5 Å². The van der Waals surface area contributed by atoms with E-state index in [1.54, 1.807) is 21.3 Å². The van der Waals surface area contributed by atoms with Crippen LogP contribution in [0.2, 0.25) is 0 Å². The van der Waals surface area contributed by atoms with E-state index in [4.69, 9.17) is 14.2 Å². The Morgan fingerprint density at radius 2 is 1.68 bits per heavy atom. The second-order valence-corrected chi connectivity index (χ2v) is 5.07. The number of nitrogens with zero attached hydrogens (tertiary/aromatic N) is 2.